The van der Waals surface area contributed by atoms with Gasteiger partial charge in [0.1, 0.15) is 0 Å². The summed E-state index contributed by atoms with van der Waals surface area (Å²) >= 11 is 0. The molecule has 0 unspecified atom stereocenters. The number of hydrogen-bond donors (Lipinski definition) is 3. The Balaban J connectivity index is 2.38. The fourth-order valence-corrected chi connectivity index (χ4v) is 2.17. The maximum Gasteiger partial charge on any atom is 0.237 e. The number of amides is 1. The molecule has 4 heteroatoms. The van der Waals surface area contributed by atoms with Crippen molar-refractivity contribution in [3.63, 3.8) is 0 Å². The first-order valence-electron chi connectivity index (χ1n) is 6.51. The van der Waals surface area contributed by atoms with Crippen molar-refractivity contribution in [3.8, 4) is 0 Å². The van der Waals surface area contributed by atoms with E-state index in [2.05, 4.69) is 5.32 Å². The molecule has 1 aliphatic rings. The van der Waals surface area contributed by atoms with Crippen LogP contribution in [0.15, 0.2) is 0 Å². The van der Waals surface area contributed by atoms with E-state index in [1.54, 1.807) is 0 Å². The minimum Gasteiger partial charge on any atom is -0.396 e. The SMILES string of the molecule is CC(C)(C)[C@@H](N)C(=O)NC1CCC(CO)CC1. The van der Waals surface area contributed by atoms with Gasteiger partial charge in [0.25, 0.3) is 0 Å². The lowest BCUT2D eigenvalue weighted by Crippen LogP contribution is -2.52. The van der Waals surface area contributed by atoms with Crippen molar-refractivity contribution in [1.82, 2.24) is 5.32 Å². The summed E-state index contributed by atoms with van der Waals surface area (Å²) < 4.78 is 0. The maximum atomic E-state index is 11.9. The van der Waals surface area contributed by atoms with E-state index in [1.165, 1.54) is 0 Å². The van der Waals surface area contributed by atoms with Crippen LogP contribution in [0.1, 0.15) is 46.5 Å². The second kappa shape index (κ2) is 5.83. The third-order valence-corrected chi connectivity index (χ3v) is 3.67. The molecule has 1 fully saturated rings. The summed E-state index contributed by atoms with van der Waals surface area (Å²) in [4.78, 5) is 11.9. The number of aliphatic hydroxyl groups excluding tert-OH is 1. The van der Waals surface area contributed by atoms with E-state index in [4.69, 9.17) is 10.8 Å². The molecule has 0 radical (unpaired) electrons. The Labute approximate surface area is 104 Å². The molecule has 100 valence electrons. The first-order chi connectivity index (χ1) is 7.84. The van der Waals surface area contributed by atoms with E-state index in [0.29, 0.717) is 5.92 Å². The largest absolute Gasteiger partial charge is 0.396 e. The standard InChI is InChI=1S/C13H26N2O2/c1-13(2,3)11(14)12(17)15-10-6-4-9(8-16)5-7-10/h9-11,16H,4-8,14H2,1-3H3,(H,15,17)/t9?,10?,11-/m0/s1. The molecule has 1 aliphatic carbocycles. The summed E-state index contributed by atoms with van der Waals surface area (Å²) in [6, 6.07) is -0.225. The lowest BCUT2D eigenvalue weighted by Gasteiger charge is -2.31. The van der Waals surface area contributed by atoms with Crippen LogP contribution in [-0.2, 0) is 4.79 Å². The molecule has 0 aromatic heterocycles. The second-order valence-electron chi connectivity index (χ2n) is 6.25. The summed E-state index contributed by atoms with van der Waals surface area (Å²) in [6.07, 6.45) is 3.89. The zero-order chi connectivity index (χ0) is 13.1. The molecule has 0 spiro atoms. The van der Waals surface area contributed by atoms with Gasteiger partial charge in [0, 0.05) is 12.6 Å². The summed E-state index contributed by atoms with van der Waals surface area (Å²) in [5.41, 5.74) is 5.71. The van der Waals surface area contributed by atoms with Gasteiger partial charge in [-0.1, -0.05) is 20.8 Å². The van der Waals surface area contributed by atoms with Gasteiger partial charge < -0.3 is 16.2 Å². The predicted molar refractivity (Wildman–Crippen MR) is 68.4 cm³/mol. The summed E-state index contributed by atoms with van der Waals surface area (Å²) in [7, 11) is 0. The molecule has 0 saturated heterocycles. The molecule has 0 aromatic carbocycles. The van der Waals surface area contributed by atoms with Crippen LogP contribution in [0.3, 0.4) is 0 Å². The fourth-order valence-electron chi connectivity index (χ4n) is 2.17. The van der Waals surface area contributed by atoms with E-state index in [-0.39, 0.29) is 24.0 Å². The molecule has 1 atom stereocenters. The van der Waals surface area contributed by atoms with Gasteiger partial charge in [0.2, 0.25) is 5.91 Å². The van der Waals surface area contributed by atoms with E-state index in [0.717, 1.165) is 25.7 Å². The van der Waals surface area contributed by atoms with Crippen LogP contribution < -0.4 is 11.1 Å². The molecule has 0 bridgehead atoms. The molecule has 17 heavy (non-hydrogen) atoms. The highest BCUT2D eigenvalue weighted by molar-refractivity contribution is 5.82. The maximum absolute atomic E-state index is 11.9. The van der Waals surface area contributed by atoms with Crippen molar-refractivity contribution in [3.05, 3.63) is 0 Å². The number of carbonyl (C=O) groups excluding carboxylic acids is 1. The van der Waals surface area contributed by atoms with Crippen LogP contribution in [0.25, 0.3) is 0 Å². The van der Waals surface area contributed by atoms with Crippen molar-refractivity contribution < 1.29 is 9.90 Å². The third kappa shape index (κ3) is 4.28. The molecule has 4 nitrogen and oxygen atoms in total. The predicted octanol–water partition coefficient (Wildman–Crippen LogP) is 1.03. The van der Waals surface area contributed by atoms with Crippen molar-refractivity contribution in [1.29, 1.82) is 0 Å². The first kappa shape index (κ1) is 14.5. The number of rotatable bonds is 3. The monoisotopic (exact) mass is 242 g/mol. The molecule has 4 N–H and O–H groups in total. The van der Waals surface area contributed by atoms with Crippen LogP contribution in [0.5, 0.6) is 0 Å². The van der Waals surface area contributed by atoms with Crippen LogP contribution in [0, 0.1) is 11.3 Å². The Bertz CT molecular complexity index is 253. The van der Waals surface area contributed by atoms with Crippen molar-refractivity contribution in [2.45, 2.75) is 58.5 Å². The van der Waals surface area contributed by atoms with E-state index in [9.17, 15) is 4.79 Å². The highest BCUT2D eigenvalue weighted by Crippen LogP contribution is 2.24. The fraction of sp³-hybridized carbons (Fsp3) is 0.923. The Morgan fingerprint density at radius 2 is 1.88 bits per heavy atom. The van der Waals surface area contributed by atoms with E-state index < -0.39 is 6.04 Å². The third-order valence-electron chi connectivity index (χ3n) is 3.67. The average Bonchev–Trinajstić information content (AvgIpc) is 2.27. The normalized spacial score (nSPS) is 27.6. The summed E-state index contributed by atoms with van der Waals surface area (Å²) in [6.45, 7) is 6.18. The topological polar surface area (TPSA) is 75.4 Å². The van der Waals surface area contributed by atoms with Crippen LogP contribution in [-0.4, -0.2) is 29.7 Å². The van der Waals surface area contributed by atoms with Gasteiger partial charge in [-0.25, -0.2) is 0 Å². The Hall–Kier alpha value is -0.610. The van der Waals surface area contributed by atoms with Crippen molar-refractivity contribution in [2.24, 2.45) is 17.1 Å². The van der Waals surface area contributed by atoms with Crippen molar-refractivity contribution in [2.75, 3.05) is 6.61 Å². The van der Waals surface area contributed by atoms with E-state index >= 15 is 0 Å². The van der Waals surface area contributed by atoms with Crippen LogP contribution in [0.4, 0.5) is 0 Å². The van der Waals surface area contributed by atoms with Gasteiger partial charge in [-0.05, 0) is 37.0 Å². The van der Waals surface area contributed by atoms with Crippen molar-refractivity contribution >= 4 is 5.91 Å². The minimum atomic E-state index is -0.460. The first-order valence-corrected chi connectivity index (χ1v) is 6.51. The smallest absolute Gasteiger partial charge is 0.237 e. The van der Waals surface area contributed by atoms with Gasteiger partial charge >= 0.3 is 0 Å². The van der Waals surface area contributed by atoms with E-state index in [1.807, 2.05) is 20.8 Å². The Morgan fingerprint density at radius 1 is 1.35 bits per heavy atom. The van der Waals surface area contributed by atoms with Gasteiger partial charge in [-0.2, -0.15) is 0 Å². The minimum absolute atomic E-state index is 0.0510. The Kier molecular flexibility index (Phi) is 4.95. The zero-order valence-electron chi connectivity index (χ0n) is 11.2. The highest BCUT2D eigenvalue weighted by Gasteiger charge is 2.30. The molecule has 0 aliphatic heterocycles. The van der Waals surface area contributed by atoms with Gasteiger partial charge in [0.05, 0.1) is 6.04 Å². The lowest BCUT2D eigenvalue weighted by atomic mass is 9.84. The van der Waals surface area contributed by atoms with Crippen LogP contribution in [0.2, 0.25) is 0 Å². The second-order valence-corrected chi connectivity index (χ2v) is 6.25. The lowest BCUT2D eigenvalue weighted by molar-refractivity contribution is -0.125. The Morgan fingerprint density at radius 3 is 2.29 bits per heavy atom. The molecular weight excluding hydrogens is 216 g/mol. The molecule has 1 saturated carbocycles. The molecule has 1 amide bonds. The summed E-state index contributed by atoms with van der Waals surface area (Å²) in [5, 5.41) is 12.1. The number of hydrogen-bond acceptors (Lipinski definition) is 3. The molecular formula is C13H26N2O2. The molecule has 0 heterocycles. The van der Waals surface area contributed by atoms with Gasteiger partial charge in [-0.15, -0.1) is 0 Å². The zero-order valence-corrected chi connectivity index (χ0v) is 11.2. The molecule has 0 aromatic rings. The van der Waals surface area contributed by atoms with Gasteiger partial charge in [-0.3, -0.25) is 4.79 Å². The summed E-state index contributed by atoms with van der Waals surface area (Å²) in [5.74, 6) is 0.365. The highest BCUT2D eigenvalue weighted by atomic mass is 16.3. The number of aliphatic hydroxyl groups is 1. The van der Waals surface area contributed by atoms with Gasteiger partial charge in [0.15, 0.2) is 0 Å². The molecule has 1 rings (SSSR count). The average molecular weight is 242 g/mol. The number of carbonyl (C=O) groups is 1. The quantitative estimate of drug-likeness (QED) is 0.692. The number of nitrogens with two attached hydrogens (primary N) is 1. The number of nitrogens with one attached hydrogen (secondary N) is 1. The van der Waals surface area contributed by atoms with Crippen LogP contribution >= 0.6 is 0 Å².